The van der Waals surface area contributed by atoms with Gasteiger partial charge in [-0.05, 0) is 53.7 Å². The van der Waals surface area contributed by atoms with Gasteiger partial charge in [-0.3, -0.25) is 10.2 Å². The first-order chi connectivity index (χ1) is 19.4. The Balaban J connectivity index is 1.32. The van der Waals surface area contributed by atoms with Crippen molar-refractivity contribution in [2.45, 2.75) is 0 Å². The average Bonchev–Trinajstić information content (AvgIpc) is 3.38. The number of fused-ring (bicyclic) bond motifs is 1. The number of ether oxygens (including phenoxy) is 4. The Morgan fingerprint density at radius 3 is 2.38 bits per heavy atom. The minimum Gasteiger partial charge on any atom is -0.493 e. The van der Waals surface area contributed by atoms with Crippen molar-refractivity contribution in [3.8, 4) is 23.0 Å². The second-order valence-corrected chi connectivity index (χ2v) is 10.1. The zero-order valence-electron chi connectivity index (χ0n) is 21.3. The number of benzene rings is 3. The minimum absolute atomic E-state index is 0.0468. The van der Waals surface area contributed by atoms with Gasteiger partial charge in [0, 0.05) is 5.56 Å². The molecule has 0 saturated carbocycles. The Kier molecular flexibility index (Phi) is 8.29. The molecule has 0 radical (unpaired) electrons. The second-order valence-electron chi connectivity index (χ2n) is 8.29. The summed E-state index contributed by atoms with van der Waals surface area (Å²) in [6.07, 6.45) is 1.52. The highest BCUT2D eigenvalue weighted by Crippen LogP contribution is 2.38. The molecule has 0 unspecified atom stereocenters. The van der Waals surface area contributed by atoms with Gasteiger partial charge in [0.2, 0.25) is 5.17 Å². The Labute approximate surface area is 244 Å². The van der Waals surface area contributed by atoms with Crippen LogP contribution < -0.4 is 18.9 Å². The summed E-state index contributed by atoms with van der Waals surface area (Å²) in [6.45, 7) is 0.426. The van der Waals surface area contributed by atoms with Crippen molar-refractivity contribution in [1.29, 1.82) is 5.41 Å². The van der Waals surface area contributed by atoms with E-state index in [1.54, 1.807) is 37.4 Å². The molecule has 2 aliphatic rings. The molecule has 0 fully saturated rings. The van der Waals surface area contributed by atoms with Crippen molar-refractivity contribution in [1.82, 2.24) is 5.01 Å². The zero-order valence-corrected chi connectivity index (χ0v) is 23.6. The van der Waals surface area contributed by atoms with Crippen LogP contribution in [-0.4, -0.2) is 54.4 Å². The molecule has 3 aromatic rings. The molecule has 0 bridgehead atoms. The largest absolute Gasteiger partial charge is 0.493 e. The smallest absolute Gasteiger partial charge is 0.283 e. The van der Waals surface area contributed by atoms with Gasteiger partial charge in [-0.25, -0.2) is 0 Å². The third-order valence-corrected chi connectivity index (χ3v) is 7.33. The molecule has 40 heavy (non-hydrogen) atoms. The van der Waals surface area contributed by atoms with Crippen molar-refractivity contribution < 1.29 is 23.7 Å². The van der Waals surface area contributed by atoms with Crippen molar-refractivity contribution in [2.75, 3.05) is 27.4 Å². The second kappa shape index (κ2) is 12.0. The molecule has 2 aliphatic heterocycles. The average molecular weight is 597 g/mol. The highest BCUT2D eigenvalue weighted by molar-refractivity contribution is 8.27. The van der Waals surface area contributed by atoms with Crippen LogP contribution >= 0.6 is 35.0 Å². The predicted octanol–water partition coefficient (Wildman–Crippen LogP) is 6.14. The first-order valence-electron chi connectivity index (χ1n) is 11.9. The molecule has 0 aromatic heterocycles. The number of hydrogen-bond donors (Lipinski definition) is 1. The fourth-order valence-electron chi connectivity index (χ4n) is 3.90. The molecule has 3 aromatic carbocycles. The number of nitrogens with zero attached hydrogens (tertiary/aromatic N) is 3. The molecule has 0 atom stereocenters. The lowest BCUT2D eigenvalue weighted by atomic mass is 10.1. The molecular formula is C28H22Cl2N4O5S. The standard InChI is InChI=1S/C28H22Cl2N4O5S/c1-36-21-9-5-6-10-22(21)38-11-12-39-24-20(30)14-16(15-23(24)37-2)13-18-25(31)34-28(32-26(18)35)40-27(33-34)17-7-3-4-8-19(17)29/h3-10,13-15,31H,11-12H2,1-2H3. The van der Waals surface area contributed by atoms with E-state index >= 15 is 0 Å². The van der Waals surface area contributed by atoms with Gasteiger partial charge in [0.25, 0.3) is 5.91 Å². The Morgan fingerprint density at radius 2 is 1.62 bits per heavy atom. The number of nitrogens with one attached hydrogen (secondary N) is 1. The molecule has 12 heteroatoms. The number of halogens is 2. The SMILES string of the molecule is COc1ccccc1OCCOc1c(Cl)cc(C=C2C(=N)N3N=C(c4ccccc4Cl)SC3=NC2=O)cc1OC. The normalized spacial score (nSPS) is 15.5. The molecule has 204 valence electrons. The number of para-hydroxylation sites is 2. The summed E-state index contributed by atoms with van der Waals surface area (Å²) in [7, 11) is 3.06. The van der Waals surface area contributed by atoms with Gasteiger partial charge in [-0.2, -0.15) is 15.1 Å². The molecule has 2 heterocycles. The molecule has 0 spiro atoms. The summed E-state index contributed by atoms with van der Waals surface area (Å²) in [5, 5.41) is 16.1. The van der Waals surface area contributed by atoms with Crippen molar-refractivity contribution in [3.05, 3.63) is 87.4 Å². The monoisotopic (exact) mass is 596 g/mol. The summed E-state index contributed by atoms with van der Waals surface area (Å²) in [5.41, 5.74) is 1.26. The van der Waals surface area contributed by atoms with Crippen LogP contribution in [0.1, 0.15) is 11.1 Å². The predicted molar refractivity (Wildman–Crippen MR) is 158 cm³/mol. The van der Waals surface area contributed by atoms with Crippen LogP contribution in [0.15, 0.2) is 76.3 Å². The van der Waals surface area contributed by atoms with E-state index in [2.05, 4.69) is 10.1 Å². The third-order valence-electron chi connectivity index (χ3n) is 5.78. The Bertz CT molecular complexity index is 1590. The maximum absolute atomic E-state index is 12.9. The Morgan fingerprint density at radius 1 is 0.925 bits per heavy atom. The number of amides is 1. The number of amidine groups is 2. The van der Waals surface area contributed by atoms with Crippen molar-refractivity contribution >= 4 is 63.0 Å². The van der Waals surface area contributed by atoms with Gasteiger partial charge < -0.3 is 18.9 Å². The lowest BCUT2D eigenvalue weighted by Crippen LogP contribution is -2.35. The molecular weight excluding hydrogens is 575 g/mol. The van der Waals surface area contributed by atoms with Crippen LogP contribution in [-0.2, 0) is 4.79 Å². The minimum atomic E-state index is -0.566. The lowest BCUT2D eigenvalue weighted by Gasteiger charge is -2.20. The van der Waals surface area contributed by atoms with Crippen LogP contribution in [0.25, 0.3) is 6.08 Å². The number of thioether (sulfide) groups is 1. The van der Waals surface area contributed by atoms with E-state index in [0.717, 1.165) is 0 Å². The van der Waals surface area contributed by atoms with Crippen LogP contribution in [0.2, 0.25) is 10.0 Å². The lowest BCUT2D eigenvalue weighted by molar-refractivity contribution is -0.114. The van der Waals surface area contributed by atoms with E-state index in [9.17, 15) is 4.79 Å². The first kappa shape index (κ1) is 27.6. The molecule has 5 rings (SSSR count). The van der Waals surface area contributed by atoms with Gasteiger partial charge in [-0.1, -0.05) is 53.5 Å². The van der Waals surface area contributed by atoms with E-state index in [0.29, 0.717) is 44.2 Å². The van der Waals surface area contributed by atoms with E-state index < -0.39 is 5.91 Å². The summed E-state index contributed by atoms with van der Waals surface area (Å²) in [5.74, 6) is 1.21. The number of carbonyl (C=O) groups is 1. The number of methoxy groups -OCH3 is 2. The Hall–Kier alpha value is -3.99. The van der Waals surface area contributed by atoms with Crippen molar-refractivity contribution in [2.24, 2.45) is 10.1 Å². The molecule has 0 saturated heterocycles. The van der Waals surface area contributed by atoms with Gasteiger partial charge in [-0.15, -0.1) is 0 Å². The van der Waals surface area contributed by atoms with E-state index in [4.69, 9.17) is 47.6 Å². The summed E-state index contributed by atoms with van der Waals surface area (Å²) in [6, 6.07) is 17.8. The van der Waals surface area contributed by atoms with E-state index in [1.807, 2.05) is 30.3 Å². The maximum Gasteiger partial charge on any atom is 0.283 e. The van der Waals surface area contributed by atoms with E-state index in [-0.39, 0.29) is 34.8 Å². The molecule has 1 N–H and O–H groups in total. The van der Waals surface area contributed by atoms with Crippen LogP contribution in [0.5, 0.6) is 23.0 Å². The fourth-order valence-corrected chi connectivity index (χ4v) is 5.38. The maximum atomic E-state index is 12.9. The summed E-state index contributed by atoms with van der Waals surface area (Å²) >= 11 is 14.0. The zero-order chi connectivity index (χ0) is 28.2. The van der Waals surface area contributed by atoms with Gasteiger partial charge in [0.1, 0.15) is 18.3 Å². The number of rotatable bonds is 9. The van der Waals surface area contributed by atoms with Gasteiger partial charge in [0.15, 0.2) is 28.8 Å². The number of hydrogen-bond acceptors (Lipinski definition) is 8. The van der Waals surface area contributed by atoms with Crippen LogP contribution in [0.3, 0.4) is 0 Å². The van der Waals surface area contributed by atoms with E-state index in [1.165, 1.54) is 30.0 Å². The highest BCUT2D eigenvalue weighted by atomic mass is 35.5. The quantitative estimate of drug-likeness (QED) is 0.234. The number of hydrazone groups is 1. The fraction of sp³-hybridized carbons (Fsp3) is 0.143. The van der Waals surface area contributed by atoms with Crippen LogP contribution in [0, 0.1) is 5.41 Å². The topological polar surface area (TPSA) is 106 Å². The van der Waals surface area contributed by atoms with Crippen molar-refractivity contribution in [3.63, 3.8) is 0 Å². The number of carbonyl (C=O) groups excluding carboxylic acids is 1. The highest BCUT2D eigenvalue weighted by Gasteiger charge is 2.36. The first-order valence-corrected chi connectivity index (χ1v) is 13.5. The summed E-state index contributed by atoms with van der Waals surface area (Å²) in [4.78, 5) is 17.0. The van der Waals surface area contributed by atoms with Gasteiger partial charge >= 0.3 is 0 Å². The number of aliphatic imine (C=N–C) groups is 1. The molecule has 9 nitrogen and oxygen atoms in total. The molecule has 1 amide bonds. The van der Waals surface area contributed by atoms with Crippen LogP contribution in [0.4, 0.5) is 0 Å². The third kappa shape index (κ3) is 5.65. The molecule has 0 aliphatic carbocycles. The summed E-state index contributed by atoms with van der Waals surface area (Å²) < 4.78 is 22.4. The van der Waals surface area contributed by atoms with Gasteiger partial charge in [0.05, 0.1) is 29.8 Å².